The maximum atomic E-state index is 12.2. The van der Waals surface area contributed by atoms with E-state index in [9.17, 15) is 9.59 Å². The molecule has 0 saturated heterocycles. The highest BCUT2D eigenvalue weighted by atomic mass is 16.5. The van der Waals surface area contributed by atoms with Crippen molar-refractivity contribution in [3.8, 4) is 5.75 Å². The zero-order valence-corrected chi connectivity index (χ0v) is 15.2. The van der Waals surface area contributed by atoms with Crippen molar-refractivity contribution in [3.63, 3.8) is 0 Å². The van der Waals surface area contributed by atoms with Crippen LogP contribution in [-0.4, -0.2) is 41.3 Å². The number of carbonyl (C=O) groups excluding carboxylic acids is 2. The van der Waals surface area contributed by atoms with Crippen molar-refractivity contribution in [1.29, 1.82) is 0 Å². The van der Waals surface area contributed by atoms with Crippen molar-refractivity contribution < 1.29 is 14.3 Å². The number of aromatic nitrogens is 2. The van der Waals surface area contributed by atoms with Crippen LogP contribution in [0.25, 0.3) is 0 Å². The first-order valence-electron chi connectivity index (χ1n) is 8.90. The molecule has 0 radical (unpaired) electrons. The summed E-state index contributed by atoms with van der Waals surface area (Å²) >= 11 is 0. The Kier molecular flexibility index (Phi) is 5.55. The molecule has 1 aliphatic rings. The van der Waals surface area contributed by atoms with Crippen LogP contribution in [0.3, 0.4) is 0 Å². The highest BCUT2D eigenvalue weighted by Crippen LogP contribution is 2.22. The Labute approximate surface area is 152 Å². The predicted molar refractivity (Wildman–Crippen MR) is 98.3 cm³/mol. The summed E-state index contributed by atoms with van der Waals surface area (Å²) in [5.74, 6) is 1.33. The van der Waals surface area contributed by atoms with Crippen LogP contribution in [0.5, 0.6) is 5.75 Å². The Morgan fingerprint density at radius 1 is 1.31 bits per heavy atom. The van der Waals surface area contributed by atoms with Gasteiger partial charge < -0.3 is 10.1 Å². The summed E-state index contributed by atoms with van der Waals surface area (Å²) in [6.45, 7) is 5.58. The first kappa shape index (κ1) is 18.0. The summed E-state index contributed by atoms with van der Waals surface area (Å²) in [4.78, 5) is 25.9. The molecule has 0 saturated carbocycles. The first-order valence-corrected chi connectivity index (χ1v) is 8.90. The maximum Gasteiger partial charge on any atom is 0.240 e. The van der Waals surface area contributed by atoms with E-state index in [4.69, 9.17) is 4.74 Å². The average Bonchev–Trinajstić information content (AvgIpc) is 3.00. The molecule has 2 aromatic rings. The Morgan fingerprint density at radius 2 is 2.08 bits per heavy atom. The van der Waals surface area contributed by atoms with E-state index in [1.54, 1.807) is 4.68 Å². The number of nitrogens with one attached hydrogen (secondary N) is 1. The molecule has 0 atom stereocenters. The van der Waals surface area contributed by atoms with Crippen LogP contribution in [0.15, 0.2) is 30.3 Å². The fraction of sp³-hybridized carbons (Fsp3) is 0.421. The minimum Gasteiger partial charge on any atom is -0.494 e. The molecule has 1 N–H and O–H groups in total. The number of anilines is 1. The minimum atomic E-state index is -0.170. The van der Waals surface area contributed by atoms with Crippen LogP contribution in [-0.2, 0) is 22.6 Å². The lowest BCUT2D eigenvalue weighted by Crippen LogP contribution is -2.44. The van der Waals surface area contributed by atoms with Gasteiger partial charge in [0.05, 0.1) is 18.8 Å². The Hall–Kier alpha value is -2.83. The van der Waals surface area contributed by atoms with E-state index in [0.717, 1.165) is 23.4 Å². The first-order chi connectivity index (χ1) is 12.6. The smallest absolute Gasteiger partial charge is 0.240 e. The Bertz CT molecular complexity index is 783. The van der Waals surface area contributed by atoms with E-state index in [1.165, 1.54) is 4.90 Å². The summed E-state index contributed by atoms with van der Waals surface area (Å²) in [6.07, 6.45) is 1.09. The van der Waals surface area contributed by atoms with Crippen LogP contribution >= 0.6 is 0 Å². The van der Waals surface area contributed by atoms with Crippen molar-refractivity contribution >= 4 is 17.6 Å². The van der Waals surface area contributed by atoms with Gasteiger partial charge in [0.15, 0.2) is 0 Å². The number of fused-ring (bicyclic) bond motifs is 1. The van der Waals surface area contributed by atoms with Gasteiger partial charge >= 0.3 is 0 Å². The van der Waals surface area contributed by atoms with Crippen LogP contribution < -0.4 is 15.0 Å². The molecule has 0 aliphatic carbocycles. The fourth-order valence-electron chi connectivity index (χ4n) is 3.01. The fourth-order valence-corrected chi connectivity index (χ4v) is 3.01. The van der Waals surface area contributed by atoms with E-state index in [0.29, 0.717) is 31.9 Å². The number of aryl methyl sites for hydroxylation is 2. The van der Waals surface area contributed by atoms with Crippen molar-refractivity contribution in [3.05, 3.63) is 41.6 Å². The molecule has 2 heterocycles. The molecule has 0 fully saturated rings. The van der Waals surface area contributed by atoms with Crippen molar-refractivity contribution in [1.82, 2.24) is 15.1 Å². The molecule has 7 heteroatoms. The molecule has 26 heavy (non-hydrogen) atoms. The number of carbonyl (C=O) groups is 2. The minimum absolute atomic E-state index is 0.0211. The van der Waals surface area contributed by atoms with Crippen LogP contribution in [0.1, 0.15) is 24.6 Å². The SMILES string of the molecule is CCOc1ccc(CCNC(=O)CN2C(=O)CCn3nc(C)cc32)cc1. The highest BCUT2D eigenvalue weighted by molar-refractivity contribution is 5.98. The van der Waals surface area contributed by atoms with Crippen LogP contribution in [0, 0.1) is 6.92 Å². The van der Waals surface area contributed by atoms with Crippen LogP contribution in [0.4, 0.5) is 5.82 Å². The summed E-state index contributed by atoms with van der Waals surface area (Å²) < 4.78 is 7.20. The molecule has 2 amide bonds. The molecular weight excluding hydrogens is 332 g/mol. The number of hydrogen-bond acceptors (Lipinski definition) is 4. The number of rotatable bonds is 7. The van der Waals surface area contributed by atoms with Crippen LogP contribution in [0.2, 0.25) is 0 Å². The standard InChI is InChI=1S/C19H24N4O3/c1-3-26-16-6-4-15(5-7-16)8-10-20-17(24)13-22-18-12-14(2)21-23(18)11-9-19(22)25/h4-7,12H,3,8-11,13H2,1-2H3,(H,20,24). The molecule has 3 rings (SSSR count). The molecule has 0 bridgehead atoms. The third-order valence-electron chi connectivity index (χ3n) is 4.27. The molecule has 7 nitrogen and oxygen atoms in total. The number of hydrogen-bond donors (Lipinski definition) is 1. The van der Waals surface area contributed by atoms with Gasteiger partial charge in [0.25, 0.3) is 0 Å². The van der Waals surface area contributed by atoms with Gasteiger partial charge in [-0.05, 0) is 38.0 Å². The molecule has 0 unspecified atom stereocenters. The summed E-state index contributed by atoms with van der Waals surface area (Å²) in [5.41, 5.74) is 1.96. The summed E-state index contributed by atoms with van der Waals surface area (Å²) in [5, 5.41) is 7.23. The monoisotopic (exact) mass is 356 g/mol. The average molecular weight is 356 g/mol. The molecule has 1 aromatic carbocycles. The third kappa shape index (κ3) is 4.22. The van der Waals surface area contributed by atoms with E-state index in [-0.39, 0.29) is 18.4 Å². The summed E-state index contributed by atoms with van der Waals surface area (Å²) in [7, 11) is 0. The second-order valence-electron chi connectivity index (χ2n) is 6.27. The van der Waals surface area contributed by atoms with Gasteiger partial charge in [-0.25, -0.2) is 4.68 Å². The number of amides is 2. The topological polar surface area (TPSA) is 76.5 Å². The lowest BCUT2D eigenvalue weighted by molar-refractivity contribution is -0.124. The largest absolute Gasteiger partial charge is 0.494 e. The molecule has 138 valence electrons. The van der Waals surface area contributed by atoms with Gasteiger partial charge in [-0.1, -0.05) is 12.1 Å². The van der Waals surface area contributed by atoms with Gasteiger partial charge in [0.2, 0.25) is 11.8 Å². The van der Waals surface area contributed by atoms with E-state index in [2.05, 4.69) is 10.4 Å². The zero-order valence-electron chi connectivity index (χ0n) is 15.2. The van der Waals surface area contributed by atoms with Gasteiger partial charge in [-0.15, -0.1) is 0 Å². The predicted octanol–water partition coefficient (Wildman–Crippen LogP) is 1.69. The highest BCUT2D eigenvalue weighted by Gasteiger charge is 2.27. The summed E-state index contributed by atoms with van der Waals surface area (Å²) in [6, 6.07) is 9.68. The number of benzene rings is 1. The van der Waals surface area contributed by atoms with Gasteiger partial charge in [-0.2, -0.15) is 5.10 Å². The van der Waals surface area contributed by atoms with Gasteiger partial charge in [0, 0.05) is 19.0 Å². The van der Waals surface area contributed by atoms with Gasteiger partial charge in [0.1, 0.15) is 18.1 Å². The maximum absolute atomic E-state index is 12.2. The zero-order chi connectivity index (χ0) is 18.5. The van der Waals surface area contributed by atoms with Crippen molar-refractivity contribution in [2.45, 2.75) is 33.2 Å². The van der Waals surface area contributed by atoms with Crippen molar-refractivity contribution in [2.75, 3.05) is 24.6 Å². The Morgan fingerprint density at radius 3 is 2.81 bits per heavy atom. The normalized spacial score (nSPS) is 13.5. The van der Waals surface area contributed by atoms with Crippen molar-refractivity contribution in [2.24, 2.45) is 0 Å². The molecule has 1 aliphatic heterocycles. The second-order valence-corrected chi connectivity index (χ2v) is 6.27. The van der Waals surface area contributed by atoms with E-state index >= 15 is 0 Å². The van der Waals surface area contributed by atoms with E-state index < -0.39 is 0 Å². The third-order valence-corrected chi connectivity index (χ3v) is 4.27. The lowest BCUT2D eigenvalue weighted by atomic mass is 10.1. The Balaban J connectivity index is 1.50. The van der Waals surface area contributed by atoms with Gasteiger partial charge in [-0.3, -0.25) is 14.5 Å². The van der Waals surface area contributed by atoms with E-state index in [1.807, 2.05) is 44.2 Å². The number of nitrogens with zero attached hydrogens (tertiary/aromatic N) is 3. The quantitative estimate of drug-likeness (QED) is 0.819. The number of ether oxygens (including phenoxy) is 1. The molecular formula is C19H24N4O3. The molecule has 1 aromatic heterocycles. The second kappa shape index (κ2) is 8.03. The lowest BCUT2D eigenvalue weighted by Gasteiger charge is -2.26. The molecule has 0 spiro atoms.